The van der Waals surface area contributed by atoms with Crippen molar-refractivity contribution in [1.29, 1.82) is 0 Å². The van der Waals surface area contributed by atoms with E-state index in [1.165, 1.54) is 0 Å². The Balaban J connectivity index is 3.48. The van der Waals surface area contributed by atoms with Crippen LogP contribution in [0.5, 0.6) is 0 Å². The molecule has 0 heterocycles. The minimum atomic E-state index is -0.0718. The molecule has 0 aliphatic rings. The van der Waals surface area contributed by atoms with Gasteiger partial charge in [-0.15, -0.1) is 0 Å². The normalized spacial score (nSPS) is 9.38. The van der Waals surface area contributed by atoms with Gasteiger partial charge in [-0.25, -0.2) is 0 Å². The lowest BCUT2D eigenvalue weighted by Gasteiger charge is -1.99. The van der Waals surface area contributed by atoms with Crippen LogP contribution in [-0.2, 0) is 4.79 Å². The molecule has 0 aromatic carbocycles. The van der Waals surface area contributed by atoms with Gasteiger partial charge >= 0.3 is 0 Å². The maximum atomic E-state index is 10.5. The first kappa shape index (κ1) is 7.27. The Morgan fingerprint density at radius 3 is 2.38 bits per heavy atom. The van der Waals surface area contributed by atoms with Crippen molar-refractivity contribution in [3.05, 3.63) is 5.53 Å². The summed E-state index contributed by atoms with van der Waals surface area (Å²) in [7, 11) is 0. The molecule has 0 amide bonds. The number of hydrogen-bond acceptors (Lipinski definition) is 2. The first-order valence-corrected chi connectivity index (χ1v) is 2.52. The van der Waals surface area contributed by atoms with Crippen LogP contribution in [0.4, 0.5) is 0 Å². The summed E-state index contributed by atoms with van der Waals surface area (Å²) in [5.41, 5.74) is 7.89. The van der Waals surface area contributed by atoms with Gasteiger partial charge in [-0.1, -0.05) is 13.8 Å². The minimum absolute atomic E-state index is 0.0223. The van der Waals surface area contributed by atoms with Crippen LogP contribution >= 0.6 is 0 Å². The predicted molar refractivity (Wildman–Crippen MR) is 30.5 cm³/mol. The van der Waals surface area contributed by atoms with Crippen molar-refractivity contribution >= 4 is 5.78 Å². The van der Waals surface area contributed by atoms with Gasteiger partial charge in [0.15, 0.2) is 5.78 Å². The minimum Gasteiger partial charge on any atom is -0.712 e. The van der Waals surface area contributed by atoms with Crippen molar-refractivity contribution in [3.8, 4) is 0 Å². The van der Waals surface area contributed by atoms with Crippen LogP contribution in [0.2, 0.25) is 0 Å². The van der Waals surface area contributed by atoms with Crippen molar-refractivity contribution in [2.75, 3.05) is 6.54 Å². The third kappa shape index (κ3) is 2.44. The van der Waals surface area contributed by atoms with Gasteiger partial charge in [-0.2, -0.15) is 0 Å². The zero-order chi connectivity index (χ0) is 6.57. The summed E-state index contributed by atoms with van der Waals surface area (Å²) in [6.45, 7) is 3.47. The van der Waals surface area contributed by atoms with Crippen LogP contribution in [0.15, 0.2) is 5.11 Å². The van der Waals surface area contributed by atoms with Crippen LogP contribution < -0.4 is 0 Å². The fraction of sp³-hybridized carbons (Fsp3) is 0.800. The summed E-state index contributed by atoms with van der Waals surface area (Å²) in [6, 6.07) is 0. The van der Waals surface area contributed by atoms with Crippen molar-refractivity contribution < 1.29 is 4.79 Å². The van der Waals surface area contributed by atoms with E-state index in [9.17, 15) is 4.79 Å². The van der Waals surface area contributed by atoms with Crippen LogP contribution in [-0.4, -0.2) is 12.3 Å². The summed E-state index contributed by atoms with van der Waals surface area (Å²) in [5, 5.41) is 2.71. The molecule has 0 saturated carbocycles. The van der Waals surface area contributed by atoms with Gasteiger partial charge < -0.3 is 10.6 Å². The molecule has 0 aliphatic heterocycles. The number of nitrogens with zero attached hydrogens (tertiary/aromatic N) is 2. The van der Waals surface area contributed by atoms with Crippen molar-refractivity contribution in [1.82, 2.24) is 0 Å². The van der Waals surface area contributed by atoms with Crippen LogP contribution in [0, 0.1) is 5.92 Å². The van der Waals surface area contributed by atoms with E-state index >= 15 is 0 Å². The molecule has 0 rings (SSSR count). The summed E-state index contributed by atoms with van der Waals surface area (Å²) >= 11 is 0. The van der Waals surface area contributed by atoms with Crippen LogP contribution in [0.3, 0.4) is 0 Å². The molecule has 0 spiro atoms. The molecule has 0 fully saturated rings. The average Bonchev–Trinajstić information content (AvgIpc) is 1.67. The zero-order valence-corrected chi connectivity index (χ0v) is 5.09. The molecule has 0 aromatic heterocycles. The van der Waals surface area contributed by atoms with Crippen molar-refractivity contribution in [2.24, 2.45) is 11.0 Å². The number of ketones is 1. The Kier molecular flexibility index (Phi) is 2.99. The van der Waals surface area contributed by atoms with Gasteiger partial charge in [-0.05, 0) is 0 Å². The Morgan fingerprint density at radius 1 is 1.75 bits per heavy atom. The van der Waals surface area contributed by atoms with E-state index in [1.807, 2.05) is 0 Å². The Labute approximate surface area is 48.6 Å². The van der Waals surface area contributed by atoms with Crippen LogP contribution in [0.25, 0.3) is 5.53 Å². The molecule has 0 aromatic rings. The Hall–Kier alpha value is -0.730. The number of hydrogen-bond donors (Lipinski definition) is 0. The van der Waals surface area contributed by atoms with E-state index in [0.717, 1.165) is 0 Å². The summed E-state index contributed by atoms with van der Waals surface area (Å²) in [5.74, 6) is -0.0570. The molecule has 0 saturated heterocycles. The third-order valence-corrected chi connectivity index (χ3v) is 0.870. The van der Waals surface area contributed by atoms with Gasteiger partial charge in [0.1, 0.15) is 0 Å². The van der Waals surface area contributed by atoms with E-state index in [4.69, 9.17) is 5.53 Å². The van der Waals surface area contributed by atoms with Crippen molar-refractivity contribution in [2.45, 2.75) is 13.8 Å². The lowest BCUT2D eigenvalue weighted by molar-refractivity contribution is -0.120. The highest BCUT2D eigenvalue weighted by Crippen LogP contribution is 1.92. The van der Waals surface area contributed by atoms with Gasteiger partial charge in [0, 0.05) is 5.92 Å². The van der Waals surface area contributed by atoms with E-state index < -0.39 is 0 Å². The highest BCUT2D eigenvalue weighted by molar-refractivity contribution is 5.82. The standard InChI is InChI=1S/C5H9N2O/c1-4(2)5(8)3-7-6/h4H,3H2,1-2H3/q-1. The van der Waals surface area contributed by atoms with Gasteiger partial charge in [-0.3, -0.25) is 4.79 Å². The molecule has 0 radical (unpaired) electrons. The third-order valence-electron chi connectivity index (χ3n) is 0.870. The molecule has 0 aliphatic carbocycles. The molecule has 3 heteroatoms. The van der Waals surface area contributed by atoms with Crippen LogP contribution in [0.1, 0.15) is 13.8 Å². The fourth-order valence-corrected chi connectivity index (χ4v) is 0.252. The van der Waals surface area contributed by atoms with Gasteiger partial charge in [0.25, 0.3) is 0 Å². The monoisotopic (exact) mass is 113 g/mol. The number of carbonyl (C=O) groups excluding carboxylic acids is 1. The maximum absolute atomic E-state index is 10.5. The Bertz CT molecular complexity index is 98.6. The first-order valence-electron chi connectivity index (χ1n) is 2.52. The van der Waals surface area contributed by atoms with E-state index in [-0.39, 0.29) is 18.2 Å². The highest BCUT2D eigenvalue weighted by Gasteiger charge is 2.01. The van der Waals surface area contributed by atoms with Gasteiger partial charge in [0.05, 0.1) is 6.54 Å². The first-order chi connectivity index (χ1) is 3.68. The molecule has 0 bridgehead atoms. The Morgan fingerprint density at radius 2 is 2.25 bits per heavy atom. The second-order valence-corrected chi connectivity index (χ2v) is 1.92. The maximum Gasteiger partial charge on any atom is 0.154 e. The molecule has 0 unspecified atom stereocenters. The second-order valence-electron chi connectivity index (χ2n) is 1.92. The lowest BCUT2D eigenvalue weighted by Crippen LogP contribution is -2.09. The lowest BCUT2D eigenvalue weighted by atomic mass is 10.1. The summed E-state index contributed by atoms with van der Waals surface area (Å²) in [6.07, 6.45) is 0. The predicted octanol–water partition coefficient (Wildman–Crippen LogP) is 1.23. The van der Waals surface area contributed by atoms with E-state index in [2.05, 4.69) is 5.11 Å². The quantitative estimate of drug-likeness (QED) is 0.508. The topological polar surface area (TPSA) is 51.7 Å². The number of carbonyl (C=O) groups is 1. The number of rotatable bonds is 3. The van der Waals surface area contributed by atoms with E-state index in [1.54, 1.807) is 13.8 Å². The SMILES string of the molecule is CC(C)C(=O)CN=[N-]. The van der Waals surface area contributed by atoms with E-state index in [0.29, 0.717) is 0 Å². The van der Waals surface area contributed by atoms with Crippen molar-refractivity contribution in [3.63, 3.8) is 0 Å². The second kappa shape index (κ2) is 3.29. The fourth-order valence-electron chi connectivity index (χ4n) is 0.252. The number of Topliss-reactive ketones (excluding diaryl/α,β-unsaturated/α-hetero) is 1. The zero-order valence-electron chi connectivity index (χ0n) is 5.09. The highest BCUT2D eigenvalue weighted by atomic mass is 16.1. The smallest absolute Gasteiger partial charge is 0.154 e. The molecule has 46 valence electrons. The molecular weight excluding hydrogens is 104 g/mol. The van der Waals surface area contributed by atoms with Gasteiger partial charge in [0.2, 0.25) is 0 Å². The largest absolute Gasteiger partial charge is 0.712 e. The molecule has 8 heavy (non-hydrogen) atoms. The molecule has 0 N–H and O–H groups in total. The molecular formula is C5H9N2O-. The summed E-state index contributed by atoms with van der Waals surface area (Å²) < 4.78 is 0. The molecule has 0 atom stereocenters. The average molecular weight is 113 g/mol. The summed E-state index contributed by atoms with van der Waals surface area (Å²) in [4.78, 5) is 10.5. The molecule has 3 nitrogen and oxygen atoms in total.